The van der Waals surface area contributed by atoms with Crippen molar-refractivity contribution in [3.63, 3.8) is 0 Å². The van der Waals surface area contributed by atoms with E-state index in [2.05, 4.69) is 5.32 Å². The molecule has 0 saturated carbocycles. The van der Waals surface area contributed by atoms with Crippen LogP contribution in [0.3, 0.4) is 0 Å². The number of piperazine rings is 1. The molecule has 0 aliphatic carbocycles. The van der Waals surface area contributed by atoms with Gasteiger partial charge in [-0.3, -0.25) is 14.4 Å². The largest absolute Gasteiger partial charge is 0.341 e. The zero-order valence-electron chi connectivity index (χ0n) is 16.6. The van der Waals surface area contributed by atoms with Gasteiger partial charge >= 0.3 is 0 Å². The van der Waals surface area contributed by atoms with Crippen molar-refractivity contribution < 1.29 is 14.4 Å². The first-order valence-electron chi connectivity index (χ1n) is 9.30. The number of nitrogens with one attached hydrogen (secondary N) is 1. The Morgan fingerprint density at radius 1 is 1.00 bits per heavy atom. The lowest BCUT2D eigenvalue weighted by Gasteiger charge is -2.38. The van der Waals surface area contributed by atoms with E-state index < -0.39 is 11.5 Å². The Morgan fingerprint density at radius 2 is 1.56 bits per heavy atom. The summed E-state index contributed by atoms with van der Waals surface area (Å²) in [4.78, 5) is 40.4. The molecule has 0 bridgehead atoms. The van der Waals surface area contributed by atoms with Gasteiger partial charge in [-0.15, -0.1) is 0 Å². The van der Waals surface area contributed by atoms with Crippen LogP contribution < -0.4 is 5.32 Å². The SMILES string of the molecule is CC(NC(=O)/C=C/c1ccccc1)C(=O)N1CCN(C(=O)C(C)(C)C)CC1. The third-order valence-electron chi connectivity index (χ3n) is 4.48. The molecule has 2 rings (SSSR count). The Labute approximate surface area is 161 Å². The molecule has 1 heterocycles. The first kappa shape index (κ1) is 20.7. The first-order valence-corrected chi connectivity index (χ1v) is 9.30. The fourth-order valence-electron chi connectivity index (χ4n) is 2.94. The summed E-state index contributed by atoms with van der Waals surface area (Å²) in [6.45, 7) is 9.39. The van der Waals surface area contributed by atoms with E-state index in [9.17, 15) is 14.4 Å². The van der Waals surface area contributed by atoms with Crippen LogP contribution in [-0.2, 0) is 14.4 Å². The zero-order valence-corrected chi connectivity index (χ0v) is 16.6. The van der Waals surface area contributed by atoms with Crippen LogP contribution in [0.25, 0.3) is 6.08 Å². The normalized spacial score (nSPS) is 16.3. The second-order valence-corrected chi connectivity index (χ2v) is 7.84. The molecule has 1 aromatic rings. The summed E-state index contributed by atoms with van der Waals surface area (Å²) in [7, 11) is 0. The number of benzene rings is 1. The van der Waals surface area contributed by atoms with Gasteiger partial charge in [-0.1, -0.05) is 51.1 Å². The van der Waals surface area contributed by atoms with Crippen molar-refractivity contribution in [1.82, 2.24) is 15.1 Å². The fourth-order valence-corrected chi connectivity index (χ4v) is 2.94. The van der Waals surface area contributed by atoms with Crippen molar-refractivity contribution in [3.05, 3.63) is 42.0 Å². The Balaban J connectivity index is 1.83. The number of nitrogens with zero attached hydrogens (tertiary/aromatic N) is 2. The Kier molecular flexibility index (Phi) is 6.77. The minimum Gasteiger partial charge on any atom is -0.341 e. The fraction of sp³-hybridized carbons (Fsp3) is 0.476. The van der Waals surface area contributed by atoms with Crippen LogP contribution in [0, 0.1) is 5.41 Å². The highest BCUT2D eigenvalue weighted by molar-refractivity contribution is 5.95. The standard InChI is InChI=1S/C21H29N3O3/c1-16(22-18(25)11-10-17-8-6-5-7-9-17)19(26)23-12-14-24(15-13-23)20(27)21(2,3)4/h5-11,16H,12-15H2,1-4H3,(H,22,25)/b11-10+. The summed E-state index contributed by atoms with van der Waals surface area (Å²) in [5.41, 5.74) is 0.504. The zero-order chi connectivity index (χ0) is 20.0. The van der Waals surface area contributed by atoms with Crippen LogP contribution in [0.2, 0.25) is 0 Å². The molecule has 1 atom stereocenters. The van der Waals surface area contributed by atoms with Gasteiger partial charge in [0, 0.05) is 37.7 Å². The van der Waals surface area contributed by atoms with Gasteiger partial charge in [0.2, 0.25) is 17.7 Å². The van der Waals surface area contributed by atoms with Gasteiger partial charge in [-0.05, 0) is 18.6 Å². The summed E-state index contributed by atoms with van der Waals surface area (Å²) >= 11 is 0. The number of hydrogen-bond acceptors (Lipinski definition) is 3. The van der Waals surface area contributed by atoms with E-state index in [1.807, 2.05) is 51.1 Å². The summed E-state index contributed by atoms with van der Waals surface area (Å²) in [6.07, 6.45) is 3.14. The maximum atomic E-state index is 12.6. The van der Waals surface area contributed by atoms with Crippen LogP contribution in [-0.4, -0.2) is 59.7 Å². The van der Waals surface area contributed by atoms with Gasteiger partial charge in [-0.2, -0.15) is 0 Å². The average molecular weight is 371 g/mol. The van der Waals surface area contributed by atoms with E-state index in [-0.39, 0.29) is 17.7 Å². The van der Waals surface area contributed by atoms with Crippen LogP contribution in [0.4, 0.5) is 0 Å². The molecule has 1 aliphatic heterocycles. The maximum Gasteiger partial charge on any atom is 0.244 e. The van der Waals surface area contributed by atoms with Crippen molar-refractivity contribution in [2.75, 3.05) is 26.2 Å². The molecule has 0 spiro atoms. The highest BCUT2D eigenvalue weighted by Gasteiger charge is 2.32. The molecule has 1 aliphatic rings. The number of rotatable bonds is 4. The van der Waals surface area contributed by atoms with Crippen molar-refractivity contribution >= 4 is 23.8 Å². The molecule has 0 radical (unpaired) electrons. The summed E-state index contributed by atoms with van der Waals surface area (Å²) in [5.74, 6) is -0.331. The van der Waals surface area contributed by atoms with Crippen LogP contribution in [0.5, 0.6) is 0 Å². The van der Waals surface area contributed by atoms with E-state index in [1.54, 1.807) is 22.8 Å². The van der Waals surface area contributed by atoms with Gasteiger partial charge in [-0.25, -0.2) is 0 Å². The van der Waals surface area contributed by atoms with E-state index in [4.69, 9.17) is 0 Å². The third-order valence-corrected chi connectivity index (χ3v) is 4.48. The minimum atomic E-state index is -0.609. The van der Waals surface area contributed by atoms with Gasteiger partial charge in [0.15, 0.2) is 0 Å². The van der Waals surface area contributed by atoms with E-state index in [0.717, 1.165) is 5.56 Å². The monoisotopic (exact) mass is 371 g/mol. The molecule has 6 nitrogen and oxygen atoms in total. The molecular formula is C21H29N3O3. The minimum absolute atomic E-state index is 0.0991. The molecule has 1 N–H and O–H groups in total. The smallest absolute Gasteiger partial charge is 0.244 e. The summed E-state index contributed by atoms with van der Waals surface area (Å²) in [6, 6.07) is 8.89. The molecule has 1 unspecified atom stereocenters. The molecule has 6 heteroatoms. The average Bonchev–Trinajstić information content (AvgIpc) is 2.65. The predicted octanol–water partition coefficient (Wildman–Crippen LogP) is 1.92. The van der Waals surface area contributed by atoms with E-state index in [1.165, 1.54) is 6.08 Å². The summed E-state index contributed by atoms with van der Waals surface area (Å²) < 4.78 is 0. The number of carbonyl (C=O) groups excluding carboxylic acids is 3. The Hall–Kier alpha value is -2.63. The van der Waals surface area contributed by atoms with E-state index in [0.29, 0.717) is 26.2 Å². The molecule has 1 fully saturated rings. The predicted molar refractivity (Wildman–Crippen MR) is 106 cm³/mol. The highest BCUT2D eigenvalue weighted by atomic mass is 16.2. The quantitative estimate of drug-likeness (QED) is 0.822. The highest BCUT2D eigenvalue weighted by Crippen LogP contribution is 2.18. The molecule has 0 aromatic heterocycles. The van der Waals surface area contributed by atoms with Crippen LogP contribution >= 0.6 is 0 Å². The Morgan fingerprint density at radius 3 is 2.11 bits per heavy atom. The lowest BCUT2D eigenvalue weighted by atomic mass is 9.94. The second kappa shape index (κ2) is 8.84. The maximum absolute atomic E-state index is 12.6. The molecule has 3 amide bonds. The lowest BCUT2D eigenvalue weighted by Crippen LogP contribution is -2.56. The number of carbonyl (C=O) groups is 3. The number of hydrogen-bond donors (Lipinski definition) is 1. The van der Waals surface area contributed by atoms with Crippen molar-refractivity contribution in [1.29, 1.82) is 0 Å². The molecule has 146 valence electrons. The van der Waals surface area contributed by atoms with E-state index >= 15 is 0 Å². The number of amides is 3. The molecule has 1 aromatic carbocycles. The first-order chi connectivity index (χ1) is 12.7. The van der Waals surface area contributed by atoms with Gasteiger partial charge in [0.1, 0.15) is 6.04 Å². The van der Waals surface area contributed by atoms with Gasteiger partial charge in [0.25, 0.3) is 0 Å². The van der Waals surface area contributed by atoms with Gasteiger partial charge < -0.3 is 15.1 Å². The van der Waals surface area contributed by atoms with Crippen LogP contribution in [0.1, 0.15) is 33.3 Å². The Bertz CT molecular complexity index is 699. The molecular weight excluding hydrogens is 342 g/mol. The topological polar surface area (TPSA) is 69.7 Å². The summed E-state index contributed by atoms with van der Waals surface area (Å²) in [5, 5.41) is 2.71. The second-order valence-electron chi connectivity index (χ2n) is 7.84. The molecule has 27 heavy (non-hydrogen) atoms. The van der Waals surface area contributed by atoms with Crippen molar-refractivity contribution in [2.24, 2.45) is 5.41 Å². The molecule has 1 saturated heterocycles. The van der Waals surface area contributed by atoms with Crippen molar-refractivity contribution in [2.45, 2.75) is 33.7 Å². The van der Waals surface area contributed by atoms with Crippen LogP contribution in [0.15, 0.2) is 36.4 Å². The third kappa shape index (κ3) is 5.94. The van der Waals surface area contributed by atoms with Gasteiger partial charge in [0.05, 0.1) is 0 Å². The lowest BCUT2D eigenvalue weighted by molar-refractivity contribution is -0.145. The van der Waals surface area contributed by atoms with Crippen molar-refractivity contribution in [3.8, 4) is 0 Å².